The van der Waals surface area contributed by atoms with Gasteiger partial charge in [-0.05, 0) is 23.9 Å². The molecule has 0 aliphatic rings. The smallest absolute Gasteiger partial charge is 0.182 e. The monoisotopic (exact) mass is 282 g/mol. The van der Waals surface area contributed by atoms with Gasteiger partial charge in [0.15, 0.2) is 5.78 Å². The summed E-state index contributed by atoms with van der Waals surface area (Å²) in [5.41, 5.74) is 1.79. The summed E-state index contributed by atoms with van der Waals surface area (Å²) in [6.07, 6.45) is 3.59. The van der Waals surface area contributed by atoms with Crippen molar-refractivity contribution in [2.75, 3.05) is 0 Å². The standard InChI is InChI=1S/C16H14N2OS/c1-12-5-2-3-6-13(12)14(19)11-18-9-8-17-16(18)15-7-4-10-20-15/h2-10H,11H2,1H3. The molecule has 3 nitrogen and oxygen atoms in total. The van der Waals surface area contributed by atoms with Crippen LogP contribution in [0.25, 0.3) is 10.7 Å². The Bertz CT molecular complexity index is 729. The summed E-state index contributed by atoms with van der Waals surface area (Å²) in [7, 11) is 0. The van der Waals surface area contributed by atoms with E-state index in [4.69, 9.17) is 0 Å². The average Bonchev–Trinajstić information content (AvgIpc) is 3.09. The van der Waals surface area contributed by atoms with Crippen molar-refractivity contribution in [2.24, 2.45) is 0 Å². The topological polar surface area (TPSA) is 34.9 Å². The maximum Gasteiger partial charge on any atom is 0.182 e. The summed E-state index contributed by atoms with van der Waals surface area (Å²) in [5.74, 6) is 0.959. The molecule has 0 spiro atoms. The zero-order chi connectivity index (χ0) is 13.9. The Morgan fingerprint density at radius 1 is 1.25 bits per heavy atom. The zero-order valence-electron chi connectivity index (χ0n) is 11.1. The third kappa shape index (κ3) is 2.42. The summed E-state index contributed by atoms with van der Waals surface area (Å²) in [5, 5.41) is 2.01. The number of ketones is 1. The second-order valence-corrected chi connectivity index (χ2v) is 5.54. The molecule has 0 aliphatic carbocycles. The second-order valence-electron chi connectivity index (χ2n) is 4.59. The van der Waals surface area contributed by atoms with Crippen molar-refractivity contribution in [3.05, 3.63) is 65.3 Å². The molecule has 2 aromatic heterocycles. The minimum atomic E-state index is 0.110. The molecule has 0 amide bonds. The molecule has 0 fully saturated rings. The fourth-order valence-electron chi connectivity index (χ4n) is 2.19. The van der Waals surface area contributed by atoms with Crippen molar-refractivity contribution in [1.82, 2.24) is 9.55 Å². The van der Waals surface area contributed by atoms with Crippen molar-refractivity contribution in [2.45, 2.75) is 13.5 Å². The fraction of sp³-hybridized carbons (Fsp3) is 0.125. The van der Waals surface area contributed by atoms with Crippen molar-refractivity contribution in [3.63, 3.8) is 0 Å². The molecule has 0 N–H and O–H groups in total. The number of carbonyl (C=O) groups is 1. The van der Waals surface area contributed by atoms with E-state index in [0.29, 0.717) is 6.54 Å². The van der Waals surface area contributed by atoms with E-state index in [1.807, 2.05) is 59.5 Å². The van der Waals surface area contributed by atoms with Gasteiger partial charge in [-0.1, -0.05) is 30.3 Å². The molecular formula is C16H14N2OS. The van der Waals surface area contributed by atoms with Crippen LogP contribution in [0.15, 0.2) is 54.2 Å². The van der Waals surface area contributed by atoms with Crippen LogP contribution in [-0.4, -0.2) is 15.3 Å². The summed E-state index contributed by atoms with van der Waals surface area (Å²) in [6, 6.07) is 11.7. The number of rotatable bonds is 4. The predicted octanol–water partition coefficient (Wildman–Crippen LogP) is 3.80. The lowest BCUT2D eigenvalue weighted by Gasteiger charge is -2.08. The van der Waals surface area contributed by atoms with Crippen LogP contribution in [0.5, 0.6) is 0 Å². The van der Waals surface area contributed by atoms with E-state index >= 15 is 0 Å². The second kappa shape index (κ2) is 5.43. The van der Waals surface area contributed by atoms with E-state index < -0.39 is 0 Å². The molecule has 4 heteroatoms. The Morgan fingerprint density at radius 3 is 2.85 bits per heavy atom. The molecule has 0 saturated carbocycles. The number of carbonyl (C=O) groups excluding carboxylic acids is 1. The van der Waals surface area contributed by atoms with Crippen LogP contribution in [0.1, 0.15) is 15.9 Å². The highest BCUT2D eigenvalue weighted by Crippen LogP contribution is 2.23. The van der Waals surface area contributed by atoms with E-state index in [0.717, 1.165) is 21.8 Å². The average molecular weight is 282 g/mol. The molecule has 3 aromatic rings. The van der Waals surface area contributed by atoms with Gasteiger partial charge in [0.2, 0.25) is 0 Å². The Kier molecular flexibility index (Phi) is 3.48. The largest absolute Gasteiger partial charge is 0.323 e. The predicted molar refractivity (Wildman–Crippen MR) is 81.0 cm³/mol. The number of benzene rings is 1. The molecular weight excluding hydrogens is 268 g/mol. The third-order valence-corrected chi connectivity index (χ3v) is 4.08. The number of imidazole rings is 1. The maximum absolute atomic E-state index is 12.4. The molecule has 20 heavy (non-hydrogen) atoms. The minimum absolute atomic E-state index is 0.110. The number of thiophene rings is 1. The van der Waals surface area contributed by atoms with Gasteiger partial charge in [-0.25, -0.2) is 4.98 Å². The molecule has 0 aliphatic heterocycles. The van der Waals surface area contributed by atoms with Gasteiger partial charge >= 0.3 is 0 Å². The van der Waals surface area contributed by atoms with Gasteiger partial charge in [0.1, 0.15) is 5.82 Å². The van der Waals surface area contributed by atoms with E-state index in [-0.39, 0.29) is 5.78 Å². The van der Waals surface area contributed by atoms with Gasteiger partial charge < -0.3 is 4.57 Å². The van der Waals surface area contributed by atoms with Gasteiger partial charge in [0.05, 0.1) is 11.4 Å². The van der Waals surface area contributed by atoms with E-state index in [2.05, 4.69) is 4.98 Å². The van der Waals surface area contributed by atoms with Crippen molar-refractivity contribution < 1.29 is 4.79 Å². The Balaban J connectivity index is 1.88. The van der Waals surface area contributed by atoms with Crippen molar-refractivity contribution in [1.29, 1.82) is 0 Å². The normalized spacial score (nSPS) is 10.7. The lowest BCUT2D eigenvalue weighted by Crippen LogP contribution is -2.11. The third-order valence-electron chi connectivity index (χ3n) is 3.22. The molecule has 0 atom stereocenters. The van der Waals surface area contributed by atoms with Gasteiger partial charge in [-0.2, -0.15) is 0 Å². The highest BCUT2D eigenvalue weighted by molar-refractivity contribution is 7.13. The first-order chi connectivity index (χ1) is 9.75. The molecule has 0 radical (unpaired) electrons. The molecule has 2 heterocycles. The summed E-state index contributed by atoms with van der Waals surface area (Å²) in [6.45, 7) is 2.28. The molecule has 0 unspecified atom stereocenters. The van der Waals surface area contributed by atoms with Gasteiger partial charge in [-0.15, -0.1) is 11.3 Å². The molecule has 1 aromatic carbocycles. The van der Waals surface area contributed by atoms with E-state index in [1.54, 1.807) is 17.5 Å². The highest BCUT2D eigenvalue weighted by atomic mass is 32.1. The van der Waals surface area contributed by atoms with Crippen molar-refractivity contribution in [3.8, 4) is 10.7 Å². The SMILES string of the molecule is Cc1ccccc1C(=O)Cn1ccnc1-c1cccs1. The van der Waals surface area contributed by atoms with Gasteiger partial charge in [0, 0.05) is 18.0 Å². The summed E-state index contributed by atoms with van der Waals surface area (Å²) in [4.78, 5) is 17.8. The fourth-order valence-corrected chi connectivity index (χ4v) is 2.93. The molecule has 3 rings (SSSR count). The number of hydrogen-bond donors (Lipinski definition) is 0. The van der Waals surface area contributed by atoms with Crippen LogP contribution in [0, 0.1) is 6.92 Å². The Morgan fingerprint density at radius 2 is 2.10 bits per heavy atom. The van der Waals surface area contributed by atoms with Gasteiger partial charge in [0.25, 0.3) is 0 Å². The maximum atomic E-state index is 12.4. The number of Topliss-reactive ketones (excluding diaryl/α,β-unsaturated/α-hetero) is 1. The first-order valence-corrected chi connectivity index (χ1v) is 7.27. The first-order valence-electron chi connectivity index (χ1n) is 6.39. The van der Waals surface area contributed by atoms with E-state index in [1.165, 1.54) is 0 Å². The Labute approximate surface area is 121 Å². The van der Waals surface area contributed by atoms with Crippen LogP contribution < -0.4 is 0 Å². The van der Waals surface area contributed by atoms with Crippen LogP contribution in [0.4, 0.5) is 0 Å². The van der Waals surface area contributed by atoms with Crippen LogP contribution in [-0.2, 0) is 6.54 Å². The molecule has 0 bridgehead atoms. The lowest BCUT2D eigenvalue weighted by atomic mass is 10.1. The summed E-state index contributed by atoms with van der Waals surface area (Å²) >= 11 is 1.63. The number of nitrogens with zero attached hydrogens (tertiary/aromatic N) is 2. The molecule has 100 valence electrons. The van der Waals surface area contributed by atoms with Crippen LogP contribution >= 0.6 is 11.3 Å². The molecule has 0 saturated heterocycles. The first kappa shape index (κ1) is 12.8. The number of aryl methyl sites for hydroxylation is 1. The summed E-state index contributed by atoms with van der Waals surface area (Å²) < 4.78 is 1.90. The lowest BCUT2D eigenvalue weighted by molar-refractivity contribution is 0.0972. The van der Waals surface area contributed by atoms with E-state index in [9.17, 15) is 4.79 Å². The zero-order valence-corrected chi connectivity index (χ0v) is 11.9. The number of hydrogen-bond acceptors (Lipinski definition) is 3. The van der Waals surface area contributed by atoms with Crippen LogP contribution in [0.2, 0.25) is 0 Å². The van der Waals surface area contributed by atoms with Crippen LogP contribution in [0.3, 0.4) is 0 Å². The van der Waals surface area contributed by atoms with Gasteiger partial charge in [-0.3, -0.25) is 4.79 Å². The highest BCUT2D eigenvalue weighted by Gasteiger charge is 2.13. The quantitative estimate of drug-likeness (QED) is 0.682. The Hall–Kier alpha value is -2.20. The number of aromatic nitrogens is 2. The van der Waals surface area contributed by atoms with Crippen molar-refractivity contribution >= 4 is 17.1 Å². The minimum Gasteiger partial charge on any atom is -0.323 e.